The van der Waals surface area contributed by atoms with Gasteiger partial charge < -0.3 is 19.9 Å². The van der Waals surface area contributed by atoms with E-state index < -0.39 is 0 Å². The second-order valence-electron chi connectivity index (χ2n) is 5.76. The molecule has 0 aliphatic rings. The Morgan fingerprint density at radius 1 is 1.28 bits per heavy atom. The van der Waals surface area contributed by atoms with Crippen molar-refractivity contribution in [1.82, 2.24) is 15.8 Å². The minimum atomic E-state index is -0.165. The van der Waals surface area contributed by atoms with Gasteiger partial charge in [0.05, 0.1) is 12.3 Å². The second kappa shape index (κ2) is 12.3. The van der Waals surface area contributed by atoms with E-state index in [-0.39, 0.29) is 5.97 Å². The van der Waals surface area contributed by atoms with E-state index in [1.54, 1.807) is 0 Å². The molecule has 0 saturated heterocycles. The molecule has 1 rings (SSSR count). The minimum Gasteiger partial charge on any atom is -0.466 e. The fourth-order valence-electron chi connectivity index (χ4n) is 2.47. The van der Waals surface area contributed by atoms with Crippen LogP contribution in [0.25, 0.3) is 0 Å². The first-order valence-electron chi connectivity index (χ1n) is 9.27. The van der Waals surface area contributed by atoms with Gasteiger partial charge in [-0.05, 0) is 33.1 Å². The molecule has 7 heteroatoms. The lowest BCUT2D eigenvalue weighted by molar-refractivity contribution is -0.143. The Hall–Kier alpha value is -2.05. The van der Waals surface area contributed by atoms with Crippen LogP contribution in [0.15, 0.2) is 15.6 Å². The molecule has 0 aliphatic carbocycles. The predicted octanol–water partition coefficient (Wildman–Crippen LogP) is 2.98. The standard InChI is InChI=1S/C18H32N4O3/c1-5-14(6-2)16-12-15(25-22-16)13-21-18(19-7-3)20-11-9-10-17(23)24-8-4/h12,14H,5-11,13H2,1-4H3,(H2,19,20,21). The molecular weight excluding hydrogens is 320 g/mol. The molecule has 0 fully saturated rings. The monoisotopic (exact) mass is 352 g/mol. The van der Waals surface area contributed by atoms with Gasteiger partial charge in [0.2, 0.25) is 0 Å². The zero-order chi connectivity index (χ0) is 18.5. The number of nitrogens with one attached hydrogen (secondary N) is 2. The molecule has 2 N–H and O–H groups in total. The average Bonchev–Trinajstić information content (AvgIpc) is 3.06. The summed E-state index contributed by atoms with van der Waals surface area (Å²) in [7, 11) is 0. The van der Waals surface area contributed by atoms with Crippen molar-refractivity contribution < 1.29 is 14.1 Å². The Morgan fingerprint density at radius 2 is 2.04 bits per heavy atom. The Morgan fingerprint density at radius 3 is 2.68 bits per heavy atom. The van der Waals surface area contributed by atoms with Crippen molar-refractivity contribution in [1.29, 1.82) is 0 Å². The van der Waals surface area contributed by atoms with Crippen LogP contribution in [0.1, 0.15) is 70.8 Å². The number of aromatic nitrogens is 1. The first-order valence-corrected chi connectivity index (χ1v) is 9.27. The fourth-order valence-corrected chi connectivity index (χ4v) is 2.47. The van der Waals surface area contributed by atoms with Crippen LogP contribution in [-0.4, -0.2) is 36.8 Å². The number of hydrogen-bond acceptors (Lipinski definition) is 5. The molecule has 7 nitrogen and oxygen atoms in total. The lowest BCUT2D eigenvalue weighted by Gasteiger charge is -2.10. The number of rotatable bonds is 11. The molecule has 1 aromatic heterocycles. The van der Waals surface area contributed by atoms with E-state index in [0.29, 0.717) is 44.4 Å². The van der Waals surface area contributed by atoms with Gasteiger partial charge in [0, 0.05) is 31.5 Å². The number of carbonyl (C=O) groups excluding carboxylic acids is 1. The Balaban J connectivity index is 2.48. The van der Waals surface area contributed by atoms with Crippen LogP contribution in [0.4, 0.5) is 0 Å². The highest BCUT2D eigenvalue weighted by Crippen LogP contribution is 2.22. The van der Waals surface area contributed by atoms with Gasteiger partial charge >= 0.3 is 5.97 Å². The smallest absolute Gasteiger partial charge is 0.305 e. The minimum absolute atomic E-state index is 0.165. The highest BCUT2D eigenvalue weighted by atomic mass is 16.5. The third-order valence-electron chi connectivity index (χ3n) is 3.87. The molecule has 0 aromatic carbocycles. The molecule has 142 valence electrons. The highest BCUT2D eigenvalue weighted by Gasteiger charge is 2.12. The zero-order valence-electron chi connectivity index (χ0n) is 15.9. The summed E-state index contributed by atoms with van der Waals surface area (Å²) >= 11 is 0. The normalized spacial score (nSPS) is 11.6. The highest BCUT2D eigenvalue weighted by molar-refractivity contribution is 5.79. The number of carbonyl (C=O) groups is 1. The van der Waals surface area contributed by atoms with E-state index in [1.807, 2.05) is 19.9 Å². The largest absolute Gasteiger partial charge is 0.466 e. The first kappa shape index (κ1) is 21.0. The van der Waals surface area contributed by atoms with Crippen LogP contribution in [-0.2, 0) is 16.1 Å². The summed E-state index contributed by atoms with van der Waals surface area (Å²) in [4.78, 5) is 15.8. The molecule has 0 atom stereocenters. The SMILES string of the molecule is CCNC(=NCc1cc(C(CC)CC)no1)NCCCC(=O)OCC. The summed E-state index contributed by atoms with van der Waals surface area (Å²) in [5, 5.41) is 10.5. The van der Waals surface area contributed by atoms with E-state index in [2.05, 4.69) is 34.6 Å². The summed E-state index contributed by atoms with van der Waals surface area (Å²) < 4.78 is 10.3. The summed E-state index contributed by atoms with van der Waals surface area (Å²) in [5.74, 6) is 1.73. The van der Waals surface area contributed by atoms with Gasteiger partial charge in [0.25, 0.3) is 0 Å². The number of hydrogen-bond donors (Lipinski definition) is 2. The fraction of sp³-hybridized carbons (Fsp3) is 0.722. The third-order valence-corrected chi connectivity index (χ3v) is 3.87. The van der Waals surface area contributed by atoms with Crippen molar-refractivity contribution in [2.24, 2.45) is 4.99 Å². The van der Waals surface area contributed by atoms with Gasteiger partial charge in [0.15, 0.2) is 11.7 Å². The summed E-state index contributed by atoms with van der Waals surface area (Å²) in [6.07, 6.45) is 3.21. The third kappa shape index (κ3) is 8.05. The molecule has 0 bridgehead atoms. The number of aliphatic imine (C=N–C) groups is 1. The van der Waals surface area contributed by atoms with E-state index in [1.165, 1.54) is 0 Å². The van der Waals surface area contributed by atoms with Gasteiger partial charge in [0.1, 0.15) is 6.54 Å². The molecule has 1 heterocycles. The van der Waals surface area contributed by atoms with E-state index in [0.717, 1.165) is 30.8 Å². The quantitative estimate of drug-likeness (QED) is 0.275. The van der Waals surface area contributed by atoms with Crippen molar-refractivity contribution in [2.75, 3.05) is 19.7 Å². The predicted molar refractivity (Wildman–Crippen MR) is 98.5 cm³/mol. The zero-order valence-corrected chi connectivity index (χ0v) is 15.9. The average molecular weight is 352 g/mol. The van der Waals surface area contributed by atoms with Gasteiger partial charge in [-0.3, -0.25) is 4.79 Å². The van der Waals surface area contributed by atoms with Crippen LogP contribution in [0, 0.1) is 0 Å². The van der Waals surface area contributed by atoms with Gasteiger partial charge in [-0.1, -0.05) is 19.0 Å². The number of esters is 1. The van der Waals surface area contributed by atoms with Crippen LogP contribution in [0.2, 0.25) is 0 Å². The van der Waals surface area contributed by atoms with Gasteiger partial charge in [-0.25, -0.2) is 4.99 Å². The molecule has 25 heavy (non-hydrogen) atoms. The first-order chi connectivity index (χ1) is 12.1. The molecular formula is C18H32N4O3. The van der Waals surface area contributed by atoms with Crippen LogP contribution >= 0.6 is 0 Å². The van der Waals surface area contributed by atoms with Crippen molar-refractivity contribution in [3.63, 3.8) is 0 Å². The molecule has 0 spiro atoms. The van der Waals surface area contributed by atoms with E-state index in [4.69, 9.17) is 9.26 Å². The molecule has 0 amide bonds. The van der Waals surface area contributed by atoms with E-state index >= 15 is 0 Å². The maximum absolute atomic E-state index is 11.3. The van der Waals surface area contributed by atoms with E-state index in [9.17, 15) is 4.79 Å². The molecule has 0 unspecified atom stereocenters. The lowest BCUT2D eigenvalue weighted by Crippen LogP contribution is -2.37. The topological polar surface area (TPSA) is 88.8 Å². The van der Waals surface area contributed by atoms with Crippen molar-refractivity contribution in [3.05, 3.63) is 17.5 Å². The summed E-state index contributed by atoms with van der Waals surface area (Å²) in [6, 6.07) is 1.99. The molecule has 0 aliphatic heterocycles. The van der Waals surface area contributed by atoms with Crippen molar-refractivity contribution >= 4 is 11.9 Å². The van der Waals surface area contributed by atoms with Gasteiger partial charge in [-0.15, -0.1) is 0 Å². The van der Waals surface area contributed by atoms with Crippen LogP contribution in [0.5, 0.6) is 0 Å². The summed E-state index contributed by atoms with van der Waals surface area (Å²) in [5.41, 5.74) is 1.00. The Bertz CT molecular complexity index is 524. The Labute approximate surface area is 150 Å². The number of nitrogens with zero attached hydrogens (tertiary/aromatic N) is 2. The number of ether oxygens (including phenoxy) is 1. The van der Waals surface area contributed by atoms with Crippen molar-refractivity contribution in [2.45, 2.75) is 65.8 Å². The summed E-state index contributed by atoms with van der Waals surface area (Å²) in [6.45, 7) is 10.4. The number of guanidine groups is 1. The van der Waals surface area contributed by atoms with Crippen LogP contribution < -0.4 is 10.6 Å². The molecule has 0 radical (unpaired) electrons. The second-order valence-corrected chi connectivity index (χ2v) is 5.76. The molecule has 1 aromatic rings. The maximum Gasteiger partial charge on any atom is 0.305 e. The van der Waals surface area contributed by atoms with Gasteiger partial charge in [-0.2, -0.15) is 0 Å². The van der Waals surface area contributed by atoms with Crippen molar-refractivity contribution in [3.8, 4) is 0 Å². The maximum atomic E-state index is 11.3. The van der Waals surface area contributed by atoms with Crippen LogP contribution in [0.3, 0.4) is 0 Å². The Kier molecular flexibility index (Phi) is 10.4. The lowest BCUT2D eigenvalue weighted by atomic mass is 9.99. The molecule has 0 saturated carbocycles.